The van der Waals surface area contributed by atoms with Gasteiger partial charge in [0.15, 0.2) is 0 Å². The lowest BCUT2D eigenvalue weighted by molar-refractivity contribution is -0.123. The molecule has 1 aromatic rings. The number of nitrogens with two attached hydrogens (primary N) is 1. The molecule has 23 heavy (non-hydrogen) atoms. The summed E-state index contributed by atoms with van der Waals surface area (Å²) in [6.45, 7) is 4.20. The topological polar surface area (TPSA) is 93.2 Å². The third-order valence-corrected chi connectivity index (χ3v) is 4.60. The molecule has 1 saturated carbocycles. The molecule has 0 saturated heterocycles. The predicted molar refractivity (Wildman–Crippen MR) is 85.4 cm³/mol. The van der Waals surface area contributed by atoms with E-state index < -0.39 is 0 Å². The number of aromatic nitrogens is 2. The number of primary amides is 1. The Hall–Kier alpha value is -1.89. The van der Waals surface area contributed by atoms with E-state index in [-0.39, 0.29) is 17.9 Å². The molecule has 3 rings (SSSR count). The Morgan fingerprint density at radius 2 is 2.22 bits per heavy atom. The molecule has 0 radical (unpaired) electrons. The second-order valence-corrected chi connectivity index (χ2v) is 6.59. The van der Waals surface area contributed by atoms with Crippen molar-refractivity contribution in [2.75, 3.05) is 6.54 Å². The van der Waals surface area contributed by atoms with E-state index in [2.05, 4.69) is 21.4 Å². The van der Waals surface area contributed by atoms with Gasteiger partial charge in [-0.15, -0.1) is 0 Å². The molecule has 1 aliphatic heterocycles. The summed E-state index contributed by atoms with van der Waals surface area (Å²) >= 11 is 0. The van der Waals surface area contributed by atoms with E-state index in [9.17, 15) is 9.59 Å². The van der Waals surface area contributed by atoms with Gasteiger partial charge in [-0.3, -0.25) is 19.2 Å². The van der Waals surface area contributed by atoms with Crippen LogP contribution in [0.5, 0.6) is 0 Å². The predicted octanol–water partition coefficient (Wildman–Crippen LogP) is 0.174. The summed E-state index contributed by atoms with van der Waals surface area (Å²) in [6, 6.07) is 2.19. The van der Waals surface area contributed by atoms with Crippen molar-refractivity contribution >= 4 is 11.8 Å². The van der Waals surface area contributed by atoms with Gasteiger partial charge in [0.2, 0.25) is 11.8 Å². The summed E-state index contributed by atoms with van der Waals surface area (Å²) in [5.74, 6) is -0.186. The second-order valence-electron chi connectivity index (χ2n) is 6.59. The maximum absolute atomic E-state index is 11.8. The smallest absolute Gasteiger partial charge is 0.234 e. The van der Waals surface area contributed by atoms with Crippen LogP contribution < -0.4 is 11.1 Å². The van der Waals surface area contributed by atoms with E-state index in [0.29, 0.717) is 25.4 Å². The van der Waals surface area contributed by atoms with Gasteiger partial charge in [-0.2, -0.15) is 5.10 Å². The minimum absolute atomic E-state index is 0.111. The van der Waals surface area contributed by atoms with E-state index >= 15 is 0 Å². The number of aryl methyl sites for hydroxylation is 2. The molecular formula is C16H25N5O2. The van der Waals surface area contributed by atoms with Gasteiger partial charge in [0.25, 0.3) is 0 Å². The number of carbonyl (C=O) groups excluding carboxylic acids is 2. The Balaban J connectivity index is 1.59. The van der Waals surface area contributed by atoms with E-state index in [1.165, 1.54) is 0 Å². The number of carbonyl (C=O) groups is 2. The number of fused-ring (bicyclic) bond motifs is 1. The fourth-order valence-electron chi connectivity index (χ4n) is 2.95. The summed E-state index contributed by atoms with van der Waals surface area (Å²) in [4.78, 5) is 25.3. The average Bonchev–Trinajstić information content (AvgIpc) is 3.27. The van der Waals surface area contributed by atoms with Crippen LogP contribution in [0.1, 0.15) is 44.0 Å². The highest BCUT2D eigenvalue weighted by atomic mass is 16.2. The van der Waals surface area contributed by atoms with Crippen molar-refractivity contribution in [2.24, 2.45) is 5.73 Å². The molecule has 7 heteroatoms. The van der Waals surface area contributed by atoms with Crippen molar-refractivity contribution in [1.29, 1.82) is 0 Å². The standard InChI is InChI=1S/C16H25N5O2/c1-11(16(17)23)20-7-2-8-21-14(10-20)9-13(19-21)5-6-15(22)18-12-3-4-12/h9,11-12H,2-8,10H2,1H3,(H2,17,23)(H,18,22). The number of amides is 2. The van der Waals surface area contributed by atoms with Crippen LogP contribution in [0.2, 0.25) is 0 Å². The van der Waals surface area contributed by atoms with Crippen LogP contribution in [-0.4, -0.2) is 45.1 Å². The highest BCUT2D eigenvalue weighted by Crippen LogP contribution is 2.19. The molecule has 2 aliphatic rings. The normalized spacial score (nSPS) is 19.7. The van der Waals surface area contributed by atoms with Crippen molar-refractivity contribution in [3.63, 3.8) is 0 Å². The van der Waals surface area contributed by atoms with Crippen molar-refractivity contribution in [1.82, 2.24) is 20.0 Å². The molecule has 2 heterocycles. The van der Waals surface area contributed by atoms with Gasteiger partial charge in [-0.25, -0.2) is 0 Å². The lowest BCUT2D eigenvalue weighted by atomic mass is 10.2. The Morgan fingerprint density at radius 3 is 2.91 bits per heavy atom. The lowest BCUT2D eigenvalue weighted by Crippen LogP contribution is -2.42. The maximum Gasteiger partial charge on any atom is 0.234 e. The van der Waals surface area contributed by atoms with Crippen molar-refractivity contribution in [3.05, 3.63) is 17.5 Å². The molecule has 7 nitrogen and oxygen atoms in total. The first-order valence-electron chi connectivity index (χ1n) is 8.41. The first-order chi connectivity index (χ1) is 11.0. The molecule has 1 fully saturated rings. The van der Waals surface area contributed by atoms with Crippen molar-refractivity contribution in [2.45, 2.75) is 64.2 Å². The fourth-order valence-corrected chi connectivity index (χ4v) is 2.95. The largest absolute Gasteiger partial charge is 0.368 e. The van der Waals surface area contributed by atoms with Crippen LogP contribution in [0.25, 0.3) is 0 Å². The minimum atomic E-state index is -0.296. The Bertz CT molecular complexity index is 593. The molecule has 2 amide bonds. The molecule has 1 atom stereocenters. The van der Waals surface area contributed by atoms with Crippen LogP contribution in [0.4, 0.5) is 0 Å². The van der Waals surface area contributed by atoms with Gasteiger partial charge in [0, 0.05) is 38.5 Å². The Morgan fingerprint density at radius 1 is 1.43 bits per heavy atom. The quantitative estimate of drug-likeness (QED) is 0.782. The SMILES string of the molecule is CC(C(N)=O)N1CCCn2nc(CCC(=O)NC3CC3)cc2C1. The molecular weight excluding hydrogens is 294 g/mol. The summed E-state index contributed by atoms with van der Waals surface area (Å²) in [7, 11) is 0. The molecule has 3 N–H and O–H groups in total. The summed E-state index contributed by atoms with van der Waals surface area (Å²) in [5.41, 5.74) is 7.46. The highest BCUT2D eigenvalue weighted by Gasteiger charge is 2.25. The molecule has 0 aromatic carbocycles. The number of hydrogen-bond donors (Lipinski definition) is 2. The highest BCUT2D eigenvalue weighted by molar-refractivity contribution is 5.79. The van der Waals surface area contributed by atoms with Crippen LogP contribution in [0.3, 0.4) is 0 Å². The Kier molecular flexibility index (Phi) is 4.66. The molecule has 0 bridgehead atoms. The first-order valence-corrected chi connectivity index (χ1v) is 8.41. The van der Waals surface area contributed by atoms with E-state index in [0.717, 1.165) is 43.7 Å². The zero-order chi connectivity index (χ0) is 16.4. The zero-order valence-corrected chi connectivity index (χ0v) is 13.6. The third-order valence-electron chi connectivity index (χ3n) is 4.60. The lowest BCUT2D eigenvalue weighted by Gasteiger charge is -2.24. The number of nitrogens with one attached hydrogen (secondary N) is 1. The summed E-state index contributed by atoms with van der Waals surface area (Å²) in [6.07, 6.45) is 4.29. The van der Waals surface area contributed by atoms with Crippen LogP contribution >= 0.6 is 0 Å². The maximum atomic E-state index is 11.8. The van der Waals surface area contributed by atoms with Gasteiger partial charge in [0.1, 0.15) is 0 Å². The number of hydrogen-bond acceptors (Lipinski definition) is 4. The molecule has 1 aliphatic carbocycles. The van der Waals surface area contributed by atoms with Gasteiger partial charge in [-0.05, 0) is 32.3 Å². The van der Waals surface area contributed by atoms with E-state index in [4.69, 9.17) is 5.73 Å². The van der Waals surface area contributed by atoms with Gasteiger partial charge >= 0.3 is 0 Å². The Labute approximate surface area is 136 Å². The summed E-state index contributed by atoms with van der Waals surface area (Å²) in [5, 5.41) is 7.61. The van der Waals surface area contributed by atoms with Crippen molar-refractivity contribution < 1.29 is 9.59 Å². The number of rotatable bonds is 6. The first kappa shape index (κ1) is 16.0. The second kappa shape index (κ2) is 6.70. The van der Waals surface area contributed by atoms with E-state index in [1.54, 1.807) is 0 Å². The zero-order valence-electron chi connectivity index (χ0n) is 13.6. The minimum Gasteiger partial charge on any atom is -0.368 e. The van der Waals surface area contributed by atoms with E-state index in [1.807, 2.05) is 11.6 Å². The molecule has 126 valence electrons. The molecule has 1 unspecified atom stereocenters. The average molecular weight is 319 g/mol. The van der Waals surface area contributed by atoms with Crippen LogP contribution in [0.15, 0.2) is 6.07 Å². The molecule has 1 aromatic heterocycles. The van der Waals surface area contributed by atoms with Crippen molar-refractivity contribution in [3.8, 4) is 0 Å². The van der Waals surface area contributed by atoms with Gasteiger partial charge in [0.05, 0.1) is 17.4 Å². The number of nitrogens with zero attached hydrogens (tertiary/aromatic N) is 3. The monoisotopic (exact) mass is 319 g/mol. The van der Waals surface area contributed by atoms with Crippen LogP contribution in [0, 0.1) is 0 Å². The molecule has 0 spiro atoms. The van der Waals surface area contributed by atoms with Gasteiger partial charge in [-0.1, -0.05) is 0 Å². The van der Waals surface area contributed by atoms with Crippen LogP contribution in [-0.2, 0) is 29.1 Å². The van der Waals surface area contributed by atoms with Gasteiger partial charge < -0.3 is 11.1 Å². The summed E-state index contributed by atoms with van der Waals surface area (Å²) < 4.78 is 2.00. The third kappa shape index (κ3) is 4.10. The fraction of sp³-hybridized carbons (Fsp3) is 0.688.